The molecule has 0 radical (unpaired) electrons. The van der Waals surface area contributed by atoms with E-state index < -0.39 is 18.0 Å². The fraction of sp³-hybridized carbons (Fsp3) is 0.500. The Labute approximate surface area is 185 Å². The first kappa shape index (κ1) is 23.6. The lowest BCUT2D eigenvalue weighted by Gasteiger charge is -2.29. The zero-order valence-corrected chi connectivity index (χ0v) is 18.4. The Bertz CT molecular complexity index is 928. The van der Waals surface area contributed by atoms with Gasteiger partial charge < -0.3 is 20.3 Å². The van der Waals surface area contributed by atoms with E-state index in [1.54, 1.807) is 0 Å². The van der Waals surface area contributed by atoms with Crippen molar-refractivity contribution >= 4 is 17.5 Å². The van der Waals surface area contributed by atoms with Crippen LogP contribution in [0.25, 0.3) is 0 Å². The predicted molar refractivity (Wildman–Crippen MR) is 116 cm³/mol. The zero-order chi connectivity index (χ0) is 23.3. The molecule has 1 heterocycles. The van der Waals surface area contributed by atoms with Gasteiger partial charge in [-0.05, 0) is 56.7 Å². The summed E-state index contributed by atoms with van der Waals surface area (Å²) in [5.74, 6) is 1.86. The second kappa shape index (κ2) is 10.1. The Balaban J connectivity index is 1.46. The monoisotopic (exact) mass is 451 g/mol. The molecule has 2 aromatic rings. The van der Waals surface area contributed by atoms with Gasteiger partial charge in [0.25, 0.3) is 5.91 Å². The van der Waals surface area contributed by atoms with Gasteiger partial charge in [-0.3, -0.25) is 4.79 Å². The summed E-state index contributed by atoms with van der Waals surface area (Å²) in [6.07, 6.45) is -1.05. The SMILES string of the molecule is Cc1nc(N[C@H]2CC[C@@H](CNC(=O)c3cccc(OC(F)(F)F)c3)CC2)cc(N(C)C)n1. The van der Waals surface area contributed by atoms with Crippen molar-refractivity contribution in [3.8, 4) is 5.75 Å². The van der Waals surface area contributed by atoms with Crippen molar-refractivity contribution in [2.75, 3.05) is 30.9 Å². The molecule has 10 heteroatoms. The molecule has 3 rings (SSSR count). The second-order valence-corrected chi connectivity index (χ2v) is 8.20. The molecule has 0 bridgehead atoms. The Hall–Kier alpha value is -3.04. The van der Waals surface area contributed by atoms with Crippen LogP contribution in [0.5, 0.6) is 5.75 Å². The van der Waals surface area contributed by atoms with E-state index in [2.05, 4.69) is 25.3 Å². The summed E-state index contributed by atoms with van der Waals surface area (Å²) in [6, 6.07) is 7.31. The molecule has 0 spiro atoms. The Morgan fingerprint density at radius 3 is 2.53 bits per heavy atom. The number of carbonyl (C=O) groups is 1. The van der Waals surface area contributed by atoms with Crippen LogP contribution in [0.15, 0.2) is 30.3 Å². The predicted octanol–water partition coefficient (Wildman–Crippen LogP) is 4.15. The summed E-state index contributed by atoms with van der Waals surface area (Å²) in [5.41, 5.74) is 0.137. The van der Waals surface area contributed by atoms with Gasteiger partial charge in [0.05, 0.1) is 0 Å². The van der Waals surface area contributed by atoms with E-state index in [1.165, 1.54) is 18.2 Å². The lowest BCUT2D eigenvalue weighted by atomic mass is 9.86. The third kappa shape index (κ3) is 7.00. The highest BCUT2D eigenvalue weighted by molar-refractivity contribution is 5.94. The molecule has 7 nitrogen and oxygen atoms in total. The molecule has 2 N–H and O–H groups in total. The van der Waals surface area contributed by atoms with Gasteiger partial charge in [0.2, 0.25) is 0 Å². The molecule has 1 aliphatic rings. The summed E-state index contributed by atoms with van der Waals surface area (Å²) in [5, 5.41) is 6.31. The number of aromatic nitrogens is 2. The first-order valence-corrected chi connectivity index (χ1v) is 10.5. The van der Waals surface area contributed by atoms with Crippen LogP contribution >= 0.6 is 0 Å². The molecule has 1 amide bonds. The van der Waals surface area contributed by atoms with Gasteiger partial charge in [-0.1, -0.05) is 6.07 Å². The van der Waals surface area contributed by atoms with Gasteiger partial charge in [0.15, 0.2) is 0 Å². The third-order valence-electron chi connectivity index (χ3n) is 5.36. The standard InChI is InChI=1S/C22H28F3N5O2/c1-14-27-19(12-20(28-14)30(2)3)29-17-9-7-15(8-10-17)13-26-21(31)16-5-4-6-18(11-16)32-22(23,24)25/h4-6,11-12,15,17H,7-10,13H2,1-3H3,(H,26,31)(H,27,28,29)/t15-,17+. The quantitative estimate of drug-likeness (QED) is 0.659. The van der Waals surface area contributed by atoms with E-state index in [0.717, 1.165) is 43.4 Å². The van der Waals surface area contributed by atoms with Gasteiger partial charge in [-0.15, -0.1) is 13.2 Å². The number of halogens is 3. The van der Waals surface area contributed by atoms with Crippen LogP contribution in [0.1, 0.15) is 41.9 Å². The van der Waals surface area contributed by atoms with Crippen molar-refractivity contribution in [3.05, 3.63) is 41.7 Å². The van der Waals surface area contributed by atoms with Crippen LogP contribution in [0.2, 0.25) is 0 Å². The second-order valence-electron chi connectivity index (χ2n) is 8.20. The molecular weight excluding hydrogens is 423 g/mol. The fourth-order valence-corrected chi connectivity index (χ4v) is 3.75. The largest absolute Gasteiger partial charge is 0.573 e. The lowest BCUT2D eigenvalue weighted by Crippen LogP contribution is -2.34. The number of ether oxygens (including phenoxy) is 1. The molecule has 0 saturated heterocycles. The van der Waals surface area contributed by atoms with Crippen molar-refractivity contribution in [2.45, 2.75) is 45.0 Å². The van der Waals surface area contributed by atoms with E-state index in [1.807, 2.05) is 32.0 Å². The molecule has 1 aromatic carbocycles. The van der Waals surface area contributed by atoms with Crippen LogP contribution in [0, 0.1) is 12.8 Å². The average molecular weight is 451 g/mol. The van der Waals surface area contributed by atoms with E-state index in [0.29, 0.717) is 24.3 Å². The summed E-state index contributed by atoms with van der Waals surface area (Å²) >= 11 is 0. The fourth-order valence-electron chi connectivity index (χ4n) is 3.75. The number of nitrogens with one attached hydrogen (secondary N) is 2. The van der Waals surface area contributed by atoms with E-state index in [-0.39, 0.29) is 5.56 Å². The van der Waals surface area contributed by atoms with Crippen molar-refractivity contribution < 1.29 is 22.7 Å². The van der Waals surface area contributed by atoms with E-state index in [9.17, 15) is 18.0 Å². The number of alkyl halides is 3. The van der Waals surface area contributed by atoms with Gasteiger partial charge in [-0.2, -0.15) is 0 Å². The zero-order valence-electron chi connectivity index (χ0n) is 18.4. The number of amides is 1. The first-order valence-electron chi connectivity index (χ1n) is 10.5. The summed E-state index contributed by atoms with van der Waals surface area (Å²) in [7, 11) is 3.87. The number of aryl methyl sites for hydroxylation is 1. The number of anilines is 2. The number of rotatable bonds is 7. The third-order valence-corrected chi connectivity index (χ3v) is 5.36. The summed E-state index contributed by atoms with van der Waals surface area (Å²) in [6.45, 7) is 2.34. The smallest absolute Gasteiger partial charge is 0.406 e. The minimum Gasteiger partial charge on any atom is -0.406 e. The summed E-state index contributed by atoms with van der Waals surface area (Å²) in [4.78, 5) is 23.1. The molecule has 1 saturated carbocycles. The van der Waals surface area contributed by atoms with Crippen molar-refractivity contribution in [3.63, 3.8) is 0 Å². The number of carbonyl (C=O) groups excluding carboxylic acids is 1. The van der Waals surface area contributed by atoms with E-state index >= 15 is 0 Å². The van der Waals surface area contributed by atoms with Crippen LogP contribution in [-0.2, 0) is 0 Å². The van der Waals surface area contributed by atoms with Crippen LogP contribution in [-0.4, -0.2) is 48.9 Å². The molecule has 0 unspecified atom stereocenters. The van der Waals surface area contributed by atoms with Crippen molar-refractivity contribution in [1.29, 1.82) is 0 Å². The number of hydrogen-bond acceptors (Lipinski definition) is 6. The maximum Gasteiger partial charge on any atom is 0.573 e. The number of hydrogen-bond donors (Lipinski definition) is 2. The molecule has 1 fully saturated rings. The molecule has 0 aliphatic heterocycles. The van der Waals surface area contributed by atoms with Crippen LogP contribution in [0.4, 0.5) is 24.8 Å². The molecule has 0 atom stereocenters. The van der Waals surface area contributed by atoms with Gasteiger partial charge >= 0.3 is 6.36 Å². The highest BCUT2D eigenvalue weighted by atomic mass is 19.4. The lowest BCUT2D eigenvalue weighted by molar-refractivity contribution is -0.274. The van der Waals surface area contributed by atoms with Crippen molar-refractivity contribution in [2.24, 2.45) is 5.92 Å². The normalized spacial score (nSPS) is 18.7. The number of benzene rings is 1. The van der Waals surface area contributed by atoms with E-state index in [4.69, 9.17) is 0 Å². The molecule has 1 aliphatic carbocycles. The average Bonchev–Trinajstić information content (AvgIpc) is 2.71. The summed E-state index contributed by atoms with van der Waals surface area (Å²) < 4.78 is 41.0. The van der Waals surface area contributed by atoms with Gasteiger partial charge in [0.1, 0.15) is 23.2 Å². The molecular formula is C22H28F3N5O2. The van der Waals surface area contributed by atoms with Crippen LogP contribution < -0.4 is 20.3 Å². The Kier molecular flexibility index (Phi) is 7.42. The maximum atomic E-state index is 12.4. The molecule has 174 valence electrons. The van der Waals surface area contributed by atoms with Crippen molar-refractivity contribution in [1.82, 2.24) is 15.3 Å². The highest BCUT2D eigenvalue weighted by Gasteiger charge is 2.31. The molecule has 1 aromatic heterocycles. The minimum atomic E-state index is -4.79. The van der Waals surface area contributed by atoms with Gasteiger partial charge in [0, 0.05) is 38.3 Å². The first-order chi connectivity index (χ1) is 15.1. The van der Waals surface area contributed by atoms with Gasteiger partial charge in [-0.25, -0.2) is 9.97 Å². The highest BCUT2D eigenvalue weighted by Crippen LogP contribution is 2.27. The Morgan fingerprint density at radius 2 is 1.88 bits per heavy atom. The topological polar surface area (TPSA) is 79.4 Å². The molecule has 32 heavy (non-hydrogen) atoms. The Morgan fingerprint density at radius 1 is 1.16 bits per heavy atom. The maximum absolute atomic E-state index is 12.4. The minimum absolute atomic E-state index is 0.137. The van der Waals surface area contributed by atoms with Crippen LogP contribution in [0.3, 0.4) is 0 Å². The number of nitrogens with zero attached hydrogens (tertiary/aromatic N) is 3.